The van der Waals surface area contributed by atoms with Gasteiger partial charge in [0.2, 0.25) is 5.91 Å². The van der Waals surface area contributed by atoms with Crippen LogP contribution in [0.15, 0.2) is 56.7 Å². The number of Topliss-reactive ketones (excluding diaryl/α,β-unsaturated/α-hetero) is 1. The number of amides is 1. The molecule has 128 valence electrons. The normalized spacial score (nSPS) is 11.9. The summed E-state index contributed by atoms with van der Waals surface area (Å²) in [5, 5.41) is 10.4. The molecule has 0 fully saturated rings. The Kier molecular flexibility index (Phi) is 4.99. The molecule has 3 aromatic rings. The van der Waals surface area contributed by atoms with Crippen molar-refractivity contribution in [3.63, 3.8) is 0 Å². The highest BCUT2D eigenvalue weighted by Gasteiger charge is 2.20. The molecule has 7 nitrogen and oxygen atoms in total. The standard InChI is InChI=1S/C17H15N3O4S/c1-10(15(22)12-5-7-13(8-6-12)18-11(2)21)25-17-20-19-16(24-17)14-4-3-9-23-14/h3-10H,1-2H3,(H,18,21). The van der Waals surface area contributed by atoms with Gasteiger partial charge in [0.05, 0.1) is 11.5 Å². The highest BCUT2D eigenvalue weighted by atomic mass is 32.2. The van der Waals surface area contributed by atoms with Gasteiger partial charge in [0.25, 0.3) is 11.1 Å². The summed E-state index contributed by atoms with van der Waals surface area (Å²) >= 11 is 1.18. The number of hydrogen-bond donors (Lipinski definition) is 1. The zero-order valence-electron chi connectivity index (χ0n) is 13.6. The fourth-order valence-corrected chi connectivity index (χ4v) is 2.88. The smallest absolute Gasteiger partial charge is 0.284 e. The number of furan rings is 1. The van der Waals surface area contributed by atoms with E-state index in [0.717, 1.165) is 0 Å². The Bertz CT molecular complexity index is 872. The first kappa shape index (κ1) is 17.0. The molecule has 2 aromatic heterocycles. The molecule has 0 saturated heterocycles. The van der Waals surface area contributed by atoms with Gasteiger partial charge in [-0.15, -0.1) is 10.2 Å². The average molecular weight is 357 g/mol. The zero-order chi connectivity index (χ0) is 17.8. The van der Waals surface area contributed by atoms with Gasteiger partial charge in [0, 0.05) is 18.2 Å². The van der Waals surface area contributed by atoms with Crippen molar-refractivity contribution in [3.8, 4) is 11.7 Å². The monoisotopic (exact) mass is 357 g/mol. The molecule has 1 N–H and O–H groups in total. The molecular weight excluding hydrogens is 342 g/mol. The minimum atomic E-state index is -0.406. The SMILES string of the molecule is CC(=O)Nc1ccc(C(=O)C(C)Sc2nnc(-c3ccco3)o2)cc1. The van der Waals surface area contributed by atoms with Crippen LogP contribution in [0.3, 0.4) is 0 Å². The lowest BCUT2D eigenvalue weighted by atomic mass is 10.1. The largest absolute Gasteiger partial charge is 0.459 e. The second kappa shape index (κ2) is 7.35. The van der Waals surface area contributed by atoms with Gasteiger partial charge in [-0.25, -0.2) is 0 Å². The molecule has 1 atom stereocenters. The maximum Gasteiger partial charge on any atom is 0.284 e. The van der Waals surface area contributed by atoms with Crippen LogP contribution in [-0.2, 0) is 4.79 Å². The van der Waals surface area contributed by atoms with Crippen LogP contribution in [0.1, 0.15) is 24.2 Å². The van der Waals surface area contributed by atoms with Crippen molar-refractivity contribution >= 4 is 29.1 Å². The van der Waals surface area contributed by atoms with Crippen molar-refractivity contribution in [3.05, 3.63) is 48.2 Å². The van der Waals surface area contributed by atoms with Crippen LogP contribution in [0, 0.1) is 0 Å². The number of carbonyl (C=O) groups excluding carboxylic acids is 2. The maximum absolute atomic E-state index is 12.5. The summed E-state index contributed by atoms with van der Waals surface area (Å²) in [4.78, 5) is 23.5. The number of aromatic nitrogens is 2. The summed E-state index contributed by atoms with van der Waals surface area (Å²) in [6, 6.07) is 10.2. The van der Waals surface area contributed by atoms with Crippen LogP contribution in [-0.4, -0.2) is 27.1 Å². The molecule has 25 heavy (non-hydrogen) atoms. The van der Waals surface area contributed by atoms with E-state index in [9.17, 15) is 9.59 Å². The molecule has 0 spiro atoms. The molecule has 1 aromatic carbocycles. The van der Waals surface area contributed by atoms with Crippen LogP contribution in [0.5, 0.6) is 0 Å². The van der Waals surface area contributed by atoms with Crippen LogP contribution >= 0.6 is 11.8 Å². The Morgan fingerprint density at radius 3 is 2.56 bits per heavy atom. The van der Waals surface area contributed by atoms with Gasteiger partial charge in [-0.2, -0.15) is 0 Å². The van der Waals surface area contributed by atoms with E-state index in [1.165, 1.54) is 24.9 Å². The first-order valence-electron chi connectivity index (χ1n) is 7.49. The van der Waals surface area contributed by atoms with Gasteiger partial charge in [-0.3, -0.25) is 9.59 Å². The number of ketones is 1. The van der Waals surface area contributed by atoms with Crippen molar-refractivity contribution in [2.24, 2.45) is 0 Å². The Hall–Kier alpha value is -2.87. The van der Waals surface area contributed by atoms with Crippen LogP contribution < -0.4 is 5.32 Å². The fourth-order valence-electron chi connectivity index (χ4n) is 2.12. The molecule has 0 radical (unpaired) electrons. The lowest BCUT2D eigenvalue weighted by Gasteiger charge is -2.08. The summed E-state index contributed by atoms with van der Waals surface area (Å²) < 4.78 is 10.7. The van der Waals surface area contributed by atoms with E-state index in [4.69, 9.17) is 8.83 Å². The van der Waals surface area contributed by atoms with Gasteiger partial charge in [-0.1, -0.05) is 11.8 Å². The topological polar surface area (TPSA) is 98.2 Å². The van der Waals surface area contributed by atoms with Gasteiger partial charge >= 0.3 is 0 Å². The number of nitrogens with one attached hydrogen (secondary N) is 1. The maximum atomic E-state index is 12.5. The van der Waals surface area contributed by atoms with Crippen molar-refractivity contribution in [1.82, 2.24) is 10.2 Å². The van der Waals surface area contributed by atoms with Crippen molar-refractivity contribution in [2.45, 2.75) is 24.3 Å². The molecule has 0 aliphatic heterocycles. The Morgan fingerprint density at radius 2 is 1.92 bits per heavy atom. The Labute approximate surface area is 147 Å². The first-order chi connectivity index (χ1) is 12.0. The van der Waals surface area contributed by atoms with Gasteiger partial charge in [0.15, 0.2) is 11.5 Å². The van der Waals surface area contributed by atoms with E-state index >= 15 is 0 Å². The van der Waals surface area contributed by atoms with Crippen molar-refractivity contribution in [2.75, 3.05) is 5.32 Å². The number of rotatable bonds is 6. The summed E-state index contributed by atoms with van der Waals surface area (Å²) in [5.41, 5.74) is 1.18. The van der Waals surface area contributed by atoms with Crippen LogP contribution in [0.4, 0.5) is 5.69 Å². The second-order valence-electron chi connectivity index (χ2n) is 5.23. The van der Waals surface area contributed by atoms with E-state index < -0.39 is 5.25 Å². The summed E-state index contributed by atoms with van der Waals surface area (Å²) in [6.45, 7) is 3.20. The van der Waals surface area contributed by atoms with Gasteiger partial charge in [0.1, 0.15) is 0 Å². The first-order valence-corrected chi connectivity index (χ1v) is 8.37. The molecule has 0 bridgehead atoms. The molecule has 3 rings (SSSR count). The van der Waals surface area contributed by atoms with Crippen molar-refractivity contribution < 1.29 is 18.4 Å². The minimum absolute atomic E-state index is 0.0721. The summed E-state index contributed by atoms with van der Waals surface area (Å²) in [7, 11) is 0. The van der Waals surface area contributed by atoms with Gasteiger partial charge < -0.3 is 14.2 Å². The second-order valence-corrected chi connectivity index (χ2v) is 6.53. The zero-order valence-corrected chi connectivity index (χ0v) is 14.4. The van der Waals surface area contributed by atoms with Gasteiger partial charge in [-0.05, 0) is 43.3 Å². The molecule has 1 amide bonds. The third kappa shape index (κ3) is 4.16. The third-order valence-electron chi connectivity index (χ3n) is 3.28. The Morgan fingerprint density at radius 1 is 1.16 bits per heavy atom. The number of hydrogen-bond acceptors (Lipinski definition) is 7. The van der Waals surface area contributed by atoms with Crippen LogP contribution in [0.25, 0.3) is 11.7 Å². The molecule has 0 saturated carbocycles. The quantitative estimate of drug-likeness (QED) is 0.531. The molecule has 2 heterocycles. The number of anilines is 1. The minimum Gasteiger partial charge on any atom is -0.459 e. The third-order valence-corrected chi connectivity index (χ3v) is 4.21. The van der Waals surface area contributed by atoms with E-state index in [1.54, 1.807) is 43.3 Å². The molecular formula is C17H15N3O4S. The molecule has 1 unspecified atom stereocenters. The van der Waals surface area contributed by atoms with Crippen molar-refractivity contribution in [1.29, 1.82) is 0 Å². The average Bonchev–Trinajstić information content (AvgIpc) is 3.25. The molecule has 0 aliphatic carbocycles. The highest BCUT2D eigenvalue weighted by molar-refractivity contribution is 8.00. The fraction of sp³-hybridized carbons (Fsp3) is 0.176. The van der Waals surface area contributed by atoms with Crippen LogP contribution in [0.2, 0.25) is 0 Å². The Balaban J connectivity index is 1.65. The highest BCUT2D eigenvalue weighted by Crippen LogP contribution is 2.28. The lowest BCUT2D eigenvalue weighted by Crippen LogP contribution is -2.13. The number of carbonyl (C=O) groups is 2. The number of benzene rings is 1. The summed E-state index contributed by atoms with van der Waals surface area (Å²) in [6.07, 6.45) is 1.52. The van der Waals surface area contributed by atoms with E-state index in [2.05, 4.69) is 15.5 Å². The lowest BCUT2D eigenvalue weighted by molar-refractivity contribution is -0.114. The summed E-state index contributed by atoms with van der Waals surface area (Å²) in [5.74, 6) is 0.516. The molecule has 8 heteroatoms. The predicted octanol–water partition coefficient (Wildman–Crippen LogP) is 3.65. The molecule has 0 aliphatic rings. The number of thioether (sulfide) groups is 1. The van der Waals surface area contributed by atoms with E-state index in [0.29, 0.717) is 22.2 Å². The van der Waals surface area contributed by atoms with E-state index in [1.807, 2.05) is 0 Å². The number of nitrogens with zero attached hydrogens (tertiary/aromatic N) is 2. The van der Waals surface area contributed by atoms with E-state index in [-0.39, 0.29) is 17.6 Å². The predicted molar refractivity (Wildman–Crippen MR) is 92.4 cm³/mol.